The third-order valence-corrected chi connectivity index (χ3v) is 4.65. The molecule has 1 saturated heterocycles. The number of hydrogen-bond donors (Lipinski definition) is 2. The van der Waals surface area contributed by atoms with Crippen LogP contribution in [0.2, 0.25) is 5.02 Å². The Balaban J connectivity index is 0.00000312. The van der Waals surface area contributed by atoms with Crippen LogP contribution in [0.5, 0.6) is 5.75 Å². The molecule has 0 spiro atoms. The van der Waals surface area contributed by atoms with Crippen molar-refractivity contribution in [1.29, 1.82) is 0 Å². The first-order chi connectivity index (χ1) is 11.7. The van der Waals surface area contributed by atoms with Crippen molar-refractivity contribution in [3.8, 4) is 5.75 Å². The molecule has 1 aliphatic heterocycles. The molecule has 1 heterocycles. The Bertz CT molecular complexity index is 556. The Hall–Kier alpha value is -0.730. The Morgan fingerprint density at radius 2 is 2.16 bits per heavy atom. The molecule has 1 aromatic carbocycles. The Morgan fingerprint density at radius 1 is 1.36 bits per heavy atom. The van der Waals surface area contributed by atoms with Crippen LogP contribution in [0.1, 0.15) is 32.3 Å². The summed E-state index contributed by atoms with van der Waals surface area (Å²) in [6, 6.07) is 6.25. The molecule has 0 bridgehead atoms. The summed E-state index contributed by atoms with van der Waals surface area (Å²) in [4.78, 5) is 7.21. The standard InChI is InChI=1S/C18H29ClN4O.HI/c1-4-20-18(22-13-16-7-6-10-23(16)5-2)21-12-14-8-9-15(19)11-17(14)24-3;/h8-9,11,16H,4-7,10,12-13H2,1-3H3,(H2,20,21,22);1H. The Labute approximate surface area is 173 Å². The number of likely N-dealkylation sites (N-methyl/N-ethyl adjacent to an activating group) is 1. The number of nitrogens with zero attached hydrogens (tertiary/aromatic N) is 2. The number of aliphatic imine (C=N–C) groups is 1. The smallest absolute Gasteiger partial charge is 0.191 e. The molecule has 0 radical (unpaired) electrons. The van der Waals surface area contributed by atoms with E-state index in [9.17, 15) is 0 Å². The van der Waals surface area contributed by atoms with Crippen molar-refractivity contribution in [3.63, 3.8) is 0 Å². The lowest BCUT2D eigenvalue weighted by Gasteiger charge is -2.24. The SMILES string of the molecule is CCNC(=NCc1ccc(Cl)cc1OC)NCC1CCCN1CC.I. The van der Waals surface area contributed by atoms with E-state index in [-0.39, 0.29) is 24.0 Å². The van der Waals surface area contributed by atoms with E-state index in [1.807, 2.05) is 18.2 Å². The number of halogens is 2. The molecule has 1 aliphatic rings. The lowest BCUT2D eigenvalue weighted by atomic mass is 10.2. The quantitative estimate of drug-likeness (QED) is 0.356. The van der Waals surface area contributed by atoms with E-state index in [0.29, 0.717) is 17.6 Å². The lowest BCUT2D eigenvalue weighted by molar-refractivity contribution is 0.267. The van der Waals surface area contributed by atoms with Gasteiger partial charge < -0.3 is 15.4 Å². The first-order valence-corrected chi connectivity index (χ1v) is 9.14. The predicted octanol–water partition coefficient (Wildman–Crippen LogP) is 3.51. The maximum absolute atomic E-state index is 6.01. The van der Waals surface area contributed by atoms with Gasteiger partial charge in [0, 0.05) is 29.7 Å². The fourth-order valence-corrected chi connectivity index (χ4v) is 3.27. The topological polar surface area (TPSA) is 48.9 Å². The highest BCUT2D eigenvalue weighted by Crippen LogP contribution is 2.23. The minimum atomic E-state index is 0. The molecule has 25 heavy (non-hydrogen) atoms. The van der Waals surface area contributed by atoms with Crippen LogP contribution in [-0.2, 0) is 6.54 Å². The van der Waals surface area contributed by atoms with Crippen LogP contribution in [0.25, 0.3) is 0 Å². The normalized spacial score (nSPS) is 17.9. The predicted molar refractivity (Wildman–Crippen MR) is 117 cm³/mol. The molecule has 0 aromatic heterocycles. The summed E-state index contributed by atoms with van der Waals surface area (Å²) < 4.78 is 5.39. The minimum absolute atomic E-state index is 0. The van der Waals surface area contributed by atoms with Gasteiger partial charge in [-0.1, -0.05) is 24.6 Å². The van der Waals surface area contributed by atoms with Crippen molar-refractivity contribution in [2.75, 3.05) is 33.3 Å². The van der Waals surface area contributed by atoms with Crippen molar-refractivity contribution in [2.24, 2.45) is 4.99 Å². The van der Waals surface area contributed by atoms with Crippen LogP contribution in [-0.4, -0.2) is 50.2 Å². The molecule has 1 unspecified atom stereocenters. The van der Waals surface area contributed by atoms with E-state index in [4.69, 9.17) is 16.3 Å². The third-order valence-electron chi connectivity index (χ3n) is 4.41. The molecule has 142 valence electrons. The maximum Gasteiger partial charge on any atom is 0.191 e. The molecule has 1 aromatic rings. The molecular formula is C18H30ClIN4O. The number of nitrogens with one attached hydrogen (secondary N) is 2. The van der Waals surface area contributed by atoms with Gasteiger partial charge in [0.2, 0.25) is 0 Å². The van der Waals surface area contributed by atoms with E-state index >= 15 is 0 Å². The third kappa shape index (κ3) is 6.83. The highest BCUT2D eigenvalue weighted by Gasteiger charge is 2.22. The van der Waals surface area contributed by atoms with Crippen LogP contribution in [0.15, 0.2) is 23.2 Å². The molecule has 2 N–H and O–H groups in total. The van der Waals surface area contributed by atoms with Gasteiger partial charge >= 0.3 is 0 Å². The van der Waals surface area contributed by atoms with Crippen molar-refractivity contribution in [2.45, 2.75) is 39.3 Å². The van der Waals surface area contributed by atoms with Crippen molar-refractivity contribution in [3.05, 3.63) is 28.8 Å². The van der Waals surface area contributed by atoms with Gasteiger partial charge in [-0.3, -0.25) is 4.90 Å². The molecule has 2 rings (SSSR count). The van der Waals surface area contributed by atoms with E-state index in [1.165, 1.54) is 19.4 Å². The number of ether oxygens (including phenoxy) is 1. The number of hydrogen-bond acceptors (Lipinski definition) is 3. The zero-order valence-electron chi connectivity index (χ0n) is 15.3. The lowest BCUT2D eigenvalue weighted by Crippen LogP contribution is -2.44. The second-order valence-corrected chi connectivity index (χ2v) is 6.39. The second-order valence-electron chi connectivity index (χ2n) is 5.96. The molecule has 5 nitrogen and oxygen atoms in total. The average Bonchev–Trinajstić information content (AvgIpc) is 3.05. The Kier molecular flexibility index (Phi) is 10.5. The van der Waals surface area contributed by atoms with Gasteiger partial charge in [0.25, 0.3) is 0 Å². The van der Waals surface area contributed by atoms with Gasteiger partial charge in [-0.2, -0.15) is 0 Å². The van der Waals surface area contributed by atoms with Gasteiger partial charge in [-0.25, -0.2) is 4.99 Å². The largest absolute Gasteiger partial charge is 0.496 e. The molecule has 1 fully saturated rings. The zero-order chi connectivity index (χ0) is 17.4. The number of likely N-dealkylation sites (tertiary alicyclic amines) is 1. The summed E-state index contributed by atoms with van der Waals surface area (Å²) in [5.74, 6) is 1.62. The molecule has 0 saturated carbocycles. The minimum Gasteiger partial charge on any atom is -0.496 e. The van der Waals surface area contributed by atoms with E-state index in [1.54, 1.807) is 7.11 Å². The average molecular weight is 481 g/mol. The number of rotatable bonds is 7. The van der Waals surface area contributed by atoms with Crippen molar-refractivity contribution in [1.82, 2.24) is 15.5 Å². The Morgan fingerprint density at radius 3 is 2.84 bits per heavy atom. The summed E-state index contributed by atoms with van der Waals surface area (Å²) in [6.45, 7) is 8.94. The molecule has 7 heteroatoms. The van der Waals surface area contributed by atoms with Gasteiger partial charge in [0.15, 0.2) is 5.96 Å². The van der Waals surface area contributed by atoms with E-state index < -0.39 is 0 Å². The number of benzene rings is 1. The fourth-order valence-electron chi connectivity index (χ4n) is 3.11. The van der Waals surface area contributed by atoms with E-state index in [2.05, 4.69) is 34.4 Å². The monoisotopic (exact) mass is 480 g/mol. The summed E-state index contributed by atoms with van der Waals surface area (Å²) >= 11 is 6.01. The summed E-state index contributed by atoms with van der Waals surface area (Å²) in [5, 5.41) is 7.46. The second kappa shape index (κ2) is 11.8. The number of methoxy groups -OCH3 is 1. The molecule has 0 amide bonds. The van der Waals surface area contributed by atoms with Crippen molar-refractivity contribution >= 4 is 41.5 Å². The van der Waals surface area contributed by atoms with Crippen LogP contribution in [0, 0.1) is 0 Å². The fraction of sp³-hybridized carbons (Fsp3) is 0.611. The summed E-state index contributed by atoms with van der Waals surface area (Å²) in [7, 11) is 1.65. The van der Waals surface area contributed by atoms with Crippen LogP contribution in [0.3, 0.4) is 0 Å². The van der Waals surface area contributed by atoms with Crippen LogP contribution < -0.4 is 15.4 Å². The summed E-state index contributed by atoms with van der Waals surface area (Å²) in [5.41, 5.74) is 1.02. The first-order valence-electron chi connectivity index (χ1n) is 8.76. The zero-order valence-corrected chi connectivity index (χ0v) is 18.4. The van der Waals surface area contributed by atoms with Gasteiger partial charge in [-0.15, -0.1) is 24.0 Å². The molecule has 0 aliphatic carbocycles. The highest BCUT2D eigenvalue weighted by molar-refractivity contribution is 14.0. The highest BCUT2D eigenvalue weighted by atomic mass is 127. The first kappa shape index (κ1) is 22.3. The van der Waals surface area contributed by atoms with Gasteiger partial charge in [0.1, 0.15) is 5.75 Å². The van der Waals surface area contributed by atoms with Gasteiger partial charge in [-0.05, 0) is 45.0 Å². The van der Waals surface area contributed by atoms with Crippen LogP contribution in [0.4, 0.5) is 0 Å². The van der Waals surface area contributed by atoms with E-state index in [0.717, 1.165) is 36.9 Å². The van der Waals surface area contributed by atoms with Crippen LogP contribution >= 0.6 is 35.6 Å². The van der Waals surface area contributed by atoms with Crippen molar-refractivity contribution < 1.29 is 4.74 Å². The number of guanidine groups is 1. The molecular weight excluding hydrogens is 451 g/mol. The van der Waals surface area contributed by atoms with Gasteiger partial charge in [0.05, 0.1) is 13.7 Å². The molecule has 1 atom stereocenters. The summed E-state index contributed by atoms with van der Waals surface area (Å²) in [6.07, 6.45) is 2.54. The maximum atomic E-state index is 6.01.